The number of fused-ring (bicyclic) bond motifs is 1. The number of anilines is 1. The minimum atomic E-state index is -0.0486. The van der Waals surface area contributed by atoms with E-state index in [1.807, 2.05) is 0 Å². The van der Waals surface area contributed by atoms with Crippen molar-refractivity contribution in [2.75, 3.05) is 11.9 Å². The summed E-state index contributed by atoms with van der Waals surface area (Å²) in [5.41, 5.74) is 1.19. The van der Waals surface area contributed by atoms with Gasteiger partial charge >= 0.3 is 0 Å². The van der Waals surface area contributed by atoms with E-state index in [9.17, 15) is 4.79 Å². The predicted octanol–water partition coefficient (Wildman–Crippen LogP) is 1.96. The van der Waals surface area contributed by atoms with E-state index in [1.165, 1.54) is 17.0 Å². The van der Waals surface area contributed by atoms with Gasteiger partial charge in [0.25, 0.3) is 0 Å². The molecule has 1 fully saturated rings. The number of hydrogen-bond donors (Lipinski definition) is 2. The Morgan fingerprint density at radius 2 is 2.39 bits per heavy atom. The van der Waals surface area contributed by atoms with Gasteiger partial charge in [0, 0.05) is 4.88 Å². The van der Waals surface area contributed by atoms with Crippen molar-refractivity contribution in [1.29, 1.82) is 0 Å². The van der Waals surface area contributed by atoms with Crippen molar-refractivity contribution in [3.63, 3.8) is 0 Å². The number of thiazole rings is 1. The van der Waals surface area contributed by atoms with E-state index < -0.39 is 0 Å². The van der Waals surface area contributed by atoms with Crippen LogP contribution in [0.5, 0.6) is 0 Å². The van der Waals surface area contributed by atoms with Crippen LogP contribution in [-0.2, 0) is 17.6 Å². The second-order valence-electron chi connectivity index (χ2n) is 5.37. The van der Waals surface area contributed by atoms with Crippen molar-refractivity contribution in [3.8, 4) is 0 Å². The van der Waals surface area contributed by atoms with Gasteiger partial charge in [-0.3, -0.25) is 4.79 Å². The van der Waals surface area contributed by atoms with Crippen molar-refractivity contribution in [1.82, 2.24) is 10.3 Å². The number of aryl methyl sites for hydroxylation is 2. The molecule has 1 aliphatic carbocycles. The predicted molar refractivity (Wildman–Crippen MR) is 73.0 cm³/mol. The summed E-state index contributed by atoms with van der Waals surface area (Å²) in [7, 11) is 0. The maximum Gasteiger partial charge on any atom is 0.243 e. The second kappa shape index (κ2) is 4.97. The fraction of sp³-hybridized carbons (Fsp3) is 0.692. The Hall–Kier alpha value is -0.940. The molecule has 2 heterocycles. The fourth-order valence-corrected chi connectivity index (χ4v) is 3.80. The molecule has 98 valence electrons. The number of rotatable bonds is 2. The number of nitrogens with one attached hydrogen (secondary N) is 2. The van der Waals surface area contributed by atoms with E-state index in [1.54, 1.807) is 11.3 Å². The Morgan fingerprint density at radius 3 is 3.17 bits per heavy atom. The summed E-state index contributed by atoms with van der Waals surface area (Å²) in [6.07, 6.45) is 5.50. The van der Waals surface area contributed by atoms with Gasteiger partial charge in [0.15, 0.2) is 5.13 Å². The van der Waals surface area contributed by atoms with E-state index in [0.29, 0.717) is 5.92 Å². The van der Waals surface area contributed by atoms with Crippen LogP contribution in [-0.4, -0.2) is 23.5 Å². The fourth-order valence-electron chi connectivity index (χ4n) is 2.74. The average molecular weight is 265 g/mol. The summed E-state index contributed by atoms with van der Waals surface area (Å²) in [4.78, 5) is 18.0. The number of carbonyl (C=O) groups is 1. The molecule has 2 N–H and O–H groups in total. The summed E-state index contributed by atoms with van der Waals surface area (Å²) in [6, 6.07) is -0.0486. The number of hydrogen-bond acceptors (Lipinski definition) is 4. The van der Waals surface area contributed by atoms with Gasteiger partial charge < -0.3 is 10.6 Å². The Balaban J connectivity index is 1.63. The second-order valence-corrected chi connectivity index (χ2v) is 6.45. The number of carbonyl (C=O) groups excluding carboxylic acids is 1. The zero-order valence-electron chi connectivity index (χ0n) is 10.7. The standard InChI is InChI=1S/C13H19N3OS/c1-8-5-6-14-10(7-8)12(17)16-13-15-9-3-2-4-11(9)18-13/h8,10,14H,2-7H2,1H3,(H,15,16,17). The first-order chi connectivity index (χ1) is 8.72. The van der Waals surface area contributed by atoms with E-state index in [4.69, 9.17) is 0 Å². The van der Waals surface area contributed by atoms with Gasteiger partial charge in [0.2, 0.25) is 5.91 Å². The van der Waals surface area contributed by atoms with Gasteiger partial charge in [0.05, 0.1) is 11.7 Å². The third-order valence-corrected chi connectivity index (χ3v) is 4.88. The molecule has 1 aromatic rings. The van der Waals surface area contributed by atoms with Crippen LogP contribution in [0.25, 0.3) is 0 Å². The molecule has 0 bridgehead atoms. The average Bonchev–Trinajstić information content (AvgIpc) is 2.89. The largest absolute Gasteiger partial charge is 0.306 e. The molecule has 0 saturated carbocycles. The summed E-state index contributed by atoms with van der Waals surface area (Å²) >= 11 is 1.64. The van der Waals surface area contributed by atoms with Crippen molar-refractivity contribution >= 4 is 22.4 Å². The first-order valence-corrected chi connectivity index (χ1v) is 7.57. The van der Waals surface area contributed by atoms with Gasteiger partial charge in [-0.1, -0.05) is 6.92 Å². The third kappa shape index (κ3) is 2.42. The van der Waals surface area contributed by atoms with Crippen LogP contribution in [0.3, 0.4) is 0 Å². The van der Waals surface area contributed by atoms with Crippen LogP contribution < -0.4 is 10.6 Å². The minimum absolute atomic E-state index is 0.0486. The molecule has 1 saturated heterocycles. The Morgan fingerprint density at radius 1 is 1.50 bits per heavy atom. The molecule has 5 heteroatoms. The first kappa shape index (κ1) is 12.1. The van der Waals surface area contributed by atoms with Crippen molar-refractivity contribution in [2.45, 2.75) is 45.1 Å². The van der Waals surface area contributed by atoms with Crippen molar-refractivity contribution < 1.29 is 4.79 Å². The summed E-state index contributed by atoms with van der Waals surface area (Å²) in [6.45, 7) is 3.15. The van der Waals surface area contributed by atoms with Crippen LogP contribution >= 0.6 is 11.3 Å². The van der Waals surface area contributed by atoms with Gasteiger partial charge in [-0.05, 0) is 44.6 Å². The zero-order valence-corrected chi connectivity index (χ0v) is 11.5. The highest BCUT2D eigenvalue weighted by molar-refractivity contribution is 7.15. The molecule has 0 spiro atoms. The van der Waals surface area contributed by atoms with Gasteiger partial charge in [-0.2, -0.15) is 0 Å². The van der Waals surface area contributed by atoms with E-state index in [-0.39, 0.29) is 11.9 Å². The number of nitrogens with zero attached hydrogens (tertiary/aromatic N) is 1. The monoisotopic (exact) mass is 265 g/mol. The lowest BCUT2D eigenvalue weighted by atomic mass is 9.94. The lowest BCUT2D eigenvalue weighted by molar-refractivity contribution is -0.119. The van der Waals surface area contributed by atoms with Crippen molar-refractivity contribution in [3.05, 3.63) is 10.6 Å². The molecule has 0 radical (unpaired) electrons. The first-order valence-electron chi connectivity index (χ1n) is 6.75. The van der Waals surface area contributed by atoms with Gasteiger partial charge in [-0.15, -0.1) is 11.3 Å². The molecule has 1 aliphatic heterocycles. The molecule has 2 aliphatic rings. The summed E-state index contributed by atoms with van der Waals surface area (Å²) in [5.74, 6) is 0.706. The molecule has 3 rings (SSSR count). The topological polar surface area (TPSA) is 54.0 Å². The number of aromatic nitrogens is 1. The maximum atomic E-state index is 12.1. The molecule has 2 unspecified atom stereocenters. The van der Waals surface area contributed by atoms with Crippen LogP contribution in [0.1, 0.15) is 36.8 Å². The third-order valence-electron chi connectivity index (χ3n) is 3.81. The zero-order chi connectivity index (χ0) is 12.5. The maximum absolute atomic E-state index is 12.1. The molecular formula is C13H19N3OS. The van der Waals surface area contributed by atoms with Crippen LogP contribution in [0.4, 0.5) is 5.13 Å². The highest BCUT2D eigenvalue weighted by Gasteiger charge is 2.26. The lowest BCUT2D eigenvalue weighted by Crippen LogP contribution is -2.45. The highest BCUT2D eigenvalue weighted by atomic mass is 32.1. The molecular weight excluding hydrogens is 246 g/mol. The molecule has 1 aromatic heterocycles. The normalized spacial score (nSPS) is 26.9. The molecule has 0 aromatic carbocycles. The van der Waals surface area contributed by atoms with Crippen molar-refractivity contribution in [2.24, 2.45) is 5.92 Å². The van der Waals surface area contributed by atoms with E-state index in [0.717, 1.165) is 37.4 Å². The van der Waals surface area contributed by atoms with Crippen LogP contribution in [0, 0.1) is 5.92 Å². The van der Waals surface area contributed by atoms with Gasteiger partial charge in [-0.25, -0.2) is 4.98 Å². The highest BCUT2D eigenvalue weighted by Crippen LogP contribution is 2.30. The molecule has 4 nitrogen and oxygen atoms in total. The minimum Gasteiger partial charge on any atom is -0.306 e. The number of amides is 1. The lowest BCUT2D eigenvalue weighted by Gasteiger charge is -2.26. The Labute approximate surface area is 111 Å². The SMILES string of the molecule is CC1CCNC(C(=O)Nc2nc3c(s2)CCC3)C1. The van der Waals surface area contributed by atoms with Gasteiger partial charge in [0.1, 0.15) is 0 Å². The Kier molecular flexibility index (Phi) is 3.35. The van der Waals surface area contributed by atoms with E-state index >= 15 is 0 Å². The van der Waals surface area contributed by atoms with Crippen LogP contribution in [0.15, 0.2) is 0 Å². The van der Waals surface area contributed by atoms with Crippen LogP contribution in [0.2, 0.25) is 0 Å². The molecule has 2 atom stereocenters. The Bertz CT molecular complexity index is 436. The molecule has 18 heavy (non-hydrogen) atoms. The quantitative estimate of drug-likeness (QED) is 0.859. The van der Waals surface area contributed by atoms with E-state index in [2.05, 4.69) is 22.5 Å². The summed E-state index contributed by atoms with van der Waals surface area (Å²) < 4.78 is 0. The smallest absolute Gasteiger partial charge is 0.243 e. The number of piperidine rings is 1. The summed E-state index contributed by atoms with van der Waals surface area (Å²) in [5, 5.41) is 7.03. The molecule has 1 amide bonds.